The number of hydrogen-bond donors (Lipinski definition) is 0. The van der Waals surface area contributed by atoms with Gasteiger partial charge in [0, 0.05) is 0 Å². The summed E-state index contributed by atoms with van der Waals surface area (Å²) >= 11 is 0. The van der Waals surface area contributed by atoms with E-state index in [0.29, 0.717) is 0 Å². The van der Waals surface area contributed by atoms with E-state index in [1.54, 1.807) is 0 Å². The molecule has 0 aliphatic heterocycles. The predicted octanol–water partition coefficient (Wildman–Crippen LogP) is 1.96. The summed E-state index contributed by atoms with van der Waals surface area (Å²) in [4.78, 5) is 19.7. The Labute approximate surface area is 64.5 Å². The fourth-order valence-electron chi connectivity index (χ4n) is 0.0139. The molecule has 0 rings (SSSR count). The van der Waals surface area contributed by atoms with E-state index in [0.717, 1.165) is 8.95 Å². The molecular weight excluding hydrogens is 301 g/mol. The van der Waals surface area contributed by atoms with Crippen LogP contribution >= 0.6 is 38.8 Å². The van der Waals surface area contributed by atoms with E-state index in [1.807, 2.05) is 0 Å². The molecule has 0 N–H and O–H groups in total. The van der Waals surface area contributed by atoms with Crippen molar-refractivity contribution in [3.8, 4) is 0 Å². The Hall–Kier alpha value is 0.943. The summed E-state index contributed by atoms with van der Waals surface area (Å²) in [6.45, 7) is 0. The fraction of sp³-hybridized carbons (Fsp3) is 0. The first kappa shape index (κ1) is 9.94. The molecule has 57 valence electrons. The van der Waals surface area contributed by atoms with Crippen molar-refractivity contribution in [3.05, 3.63) is 0 Å². The Kier molecular flexibility index (Phi) is 1.94. The van der Waals surface area contributed by atoms with Gasteiger partial charge in [-0.25, -0.2) is 0 Å². The van der Waals surface area contributed by atoms with Gasteiger partial charge in [-0.15, -0.1) is 0 Å². The first-order chi connectivity index (χ1) is 3.62. The second kappa shape index (κ2) is 1.75. The number of rotatable bonds is 0. The molecule has 7 heteroatoms. The monoisotopic (exact) mass is 299 g/mol. The molecule has 9 heavy (non-hydrogen) atoms. The minimum atomic E-state index is -5.81. The summed E-state index contributed by atoms with van der Waals surface area (Å²) in [5.41, 5.74) is 0. The van der Waals surface area contributed by atoms with E-state index in [-0.39, 0.29) is 0 Å². The molecule has 0 spiro atoms. The van der Waals surface area contributed by atoms with Crippen LogP contribution in [0.15, 0.2) is 0 Å². The van der Waals surface area contributed by atoms with Crippen LogP contribution in [-0.4, -0.2) is 8.95 Å². The van der Waals surface area contributed by atoms with Crippen LogP contribution in [0.2, 0.25) is 0 Å². The third-order valence-electron chi connectivity index (χ3n) is 0.274. The molecule has 0 aromatic carbocycles. The maximum absolute atomic E-state index is 9.86. The van der Waals surface area contributed by atoms with Gasteiger partial charge in [0.1, 0.15) is 0 Å². The number of halogens is 4. The van der Waals surface area contributed by atoms with Crippen LogP contribution in [0.5, 0.6) is 0 Å². The second-order valence-corrected chi connectivity index (χ2v) is 25.5. The van der Waals surface area contributed by atoms with Crippen molar-refractivity contribution >= 4 is 47.7 Å². The standard InChI is InChI=1S/2CO.4ClH.Rh/c2*1-2;;;;;/h;;4*1H;/q;;;;;;+4/p-4. The Morgan fingerprint density at radius 2 is 1.11 bits per heavy atom. The molecule has 0 amide bonds. The minimum absolute atomic E-state index is 0.901. The predicted molar refractivity (Wildman–Crippen MR) is 34.8 cm³/mol. The van der Waals surface area contributed by atoms with Gasteiger partial charge in [0.15, 0.2) is 0 Å². The molecule has 0 bridgehead atoms. The SMILES string of the molecule is O=[C]=[Rh]([Cl])([Cl])([Cl])([Cl])=[C]=O. The van der Waals surface area contributed by atoms with Crippen molar-refractivity contribution in [2.75, 3.05) is 0 Å². The van der Waals surface area contributed by atoms with E-state index in [4.69, 9.17) is 38.8 Å². The summed E-state index contributed by atoms with van der Waals surface area (Å²) in [5.74, 6) is 0. The van der Waals surface area contributed by atoms with Crippen LogP contribution in [0, 0.1) is 0 Å². The van der Waals surface area contributed by atoms with Gasteiger partial charge in [-0.2, -0.15) is 0 Å². The first-order valence-electron chi connectivity index (χ1n) is 1.25. The molecule has 0 saturated carbocycles. The van der Waals surface area contributed by atoms with Gasteiger partial charge in [-0.3, -0.25) is 0 Å². The van der Waals surface area contributed by atoms with E-state index < -0.39 is 7.56 Å². The van der Waals surface area contributed by atoms with Crippen LogP contribution in [0.1, 0.15) is 0 Å². The van der Waals surface area contributed by atoms with Gasteiger partial charge >= 0.3 is 64.9 Å². The zero-order valence-electron chi connectivity index (χ0n) is 3.66. The van der Waals surface area contributed by atoms with Crippen molar-refractivity contribution in [1.82, 2.24) is 0 Å². The average molecular weight is 301 g/mol. The van der Waals surface area contributed by atoms with Crippen LogP contribution in [0.4, 0.5) is 0 Å². The van der Waals surface area contributed by atoms with Crippen molar-refractivity contribution < 1.29 is 17.1 Å². The molecule has 0 unspecified atom stereocenters. The first-order valence-corrected chi connectivity index (χ1v) is 11.3. The van der Waals surface area contributed by atoms with Crippen LogP contribution < -0.4 is 0 Å². The van der Waals surface area contributed by atoms with Gasteiger partial charge in [-0.1, -0.05) is 0 Å². The molecule has 0 radical (unpaired) electrons. The maximum atomic E-state index is 9.86. The van der Waals surface area contributed by atoms with E-state index in [1.165, 1.54) is 0 Å². The third kappa shape index (κ3) is 3.60. The van der Waals surface area contributed by atoms with Crippen LogP contribution in [-0.2, 0) is 17.1 Å². The third-order valence-corrected chi connectivity index (χ3v) is 4.05. The van der Waals surface area contributed by atoms with Crippen molar-refractivity contribution in [3.63, 3.8) is 0 Å². The van der Waals surface area contributed by atoms with Crippen molar-refractivity contribution in [2.45, 2.75) is 0 Å². The molecule has 0 saturated heterocycles. The van der Waals surface area contributed by atoms with Gasteiger partial charge < -0.3 is 0 Å². The van der Waals surface area contributed by atoms with Crippen LogP contribution in [0.3, 0.4) is 0 Å². The molecule has 0 fully saturated rings. The van der Waals surface area contributed by atoms with Crippen molar-refractivity contribution in [1.29, 1.82) is 0 Å². The molecular formula is C2Cl4O2Rh. The Bertz CT molecular complexity index is 300. The zero-order chi connectivity index (χ0) is 7.82. The Balaban J connectivity index is 6.63. The molecule has 0 aliphatic rings. The van der Waals surface area contributed by atoms with Gasteiger partial charge in [0.25, 0.3) is 0 Å². The molecule has 0 aromatic heterocycles. The number of hydrogen-bond acceptors (Lipinski definition) is 2. The summed E-state index contributed by atoms with van der Waals surface area (Å²) in [5, 5.41) is 0. The molecule has 0 aromatic rings. The second-order valence-electron chi connectivity index (χ2n) is 1.01. The topological polar surface area (TPSA) is 34.1 Å². The van der Waals surface area contributed by atoms with E-state index >= 15 is 0 Å². The zero-order valence-corrected chi connectivity index (χ0v) is 8.32. The summed E-state index contributed by atoms with van der Waals surface area (Å²) in [6, 6.07) is 0. The van der Waals surface area contributed by atoms with Gasteiger partial charge in [0.05, 0.1) is 0 Å². The van der Waals surface area contributed by atoms with E-state index in [9.17, 15) is 9.59 Å². The molecule has 0 heterocycles. The molecule has 0 aliphatic carbocycles. The molecule has 0 atom stereocenters. The molecule has 2 nitrogen and oxygen atoms in total. The Morgan fingerprint density at radius 3 is 1.11 bits per heavy atom. The Morgan fingerprint density at radius 1 is 0.889 bits per heavy atom. The van der Waals surface area contributed by atoms with Gasteiger partial charge in [-0.05, 0) is 0 Å². The normalized spacial score (nSPS) is 18.7. The summed E-state index contributed by atoms with van der Waals surface area (Å²) in [6.07, 6.45) is 0. The summed E-state index contributed by atoms with van der Waals surface area (Å²) < 4.78 is 1.80. The average Bonchev–Trinajstić information content (AvgIpc) is 1.67. The summed E-state index contributed by atoms with van der Waals surface area (Å²) in [7, 11) is 14.3. The van der Waals surface area contributed by atoms with Crippen LogP contribution in [0.25, 0.3) is 0 Å². The van der Waals surface area contributed by atoms with E-state index in [2.05, 4.69) is 0 Å². The van der Waals surface area contributed by atoms with Crippen molar-refractivity contribution in [2.24, 2.45) is 0 Å². The van der Waals surface area contributed by atoms with Gasteiger partial charge in [0.2, 0.25) is 0 Å². The fourth-order valence-corrected chi connectivity index (χ4v) is 0.0822. The quantitative estimate of drug-likeness (QED) is 0.641. The number of carbonyl (C=O) groups excluding carboxylic acids is 2.